The average molecular weight is 170 g/mol. The summed E-state index contributed by atoms with van der Waals surface area (Å²) in [5.41, 5.74) is 0. The van der Waals surface area contributed by atoms with Crippen LogP contribution in [0.2, 0.25) is 0 Å². The van der Waals surface area contributed by atoms with E-state index in [1.54, 1.807) is 0 Å². The van der Waals surface area contributed by atoms with Crippen LogP contribution in [0.15, 0.2) is 0 Å². The molecule has 68 valence electrons. The molecule has 0 aromatic carbocycles. The van der Waals surface area contributed by atoms with Crippen molar-refractivity contribution in [3.8, 4) is 0 Å². The first-order valence-corrected chi connectivity index (χ1v) is 4.45. The second kappa shape index (κ2) is 3.41. The standard InChI is InChI=1S/C8H14N2O2/c11-8(10-6-1-2-6)3-9-7-4-12-5-7/h6-7,9H,1-5H2,(H,10,11). The number of rotatable bonds is 4. The molecular formula is C8H14N2O2. The second-order valence-corrected chi connectivity index (χ2v) is 3.46. The molecule has 0 radical (unpaired) electrons. The lowest BCUT2D eigenvalue weighted by molar-refractivity contribution is -0.121. The monoisotopic (exact) mass is 170 g/mol. The smallest absolute Gasteiger partial charge is 0.234 e. The van der Waals surface area contributed by atoms with Crippen LogP contribution in [0, 0.1) is 0 Å². The summed E-state index contributed by atoms with van der Waals surface area (Å²) in [5, 5.41) is 6.03. The zero-order valence-electron chi connectivity index (χ0n) is 7.01. The number of carbonyl (C=O) groups excluding carboxylic acids is 1. The molecular weight excluding hydrogens is 156 g/mol. The van der Waals surface area contributed by atoms with Crippen LogP contribution in [0.25, 0.3) is 0 Å². The molecule has 2 fully saturated rings. The van der Waals surface area contributed by atoms with Crippen LogP contribution in [0.1, 0.15) is 12.8 Å². The van der Waals surface area contributed by atoms with Gasteiger partial charge in [-0.3, -0.25) is 4.79 Å². The van der Waals surface area contributed by atoms with Crippen molar-refractivity contribution < 1.29 is 9.53 Å². The Kier molecular flexibility index (Phi) is 2.28. The predicted octanol–water partition coefficient (Wildman–Crippen LogP) is -0.747. The summed E-state index contributed by atoms with van der Waals surface area (Å²) >= 11 is 0. The van der Waals surface area contributed by atoms with E-state index in [4.69, 9.17) is 4.74 Å². The van der Waals surface area contributed by atoms with Crippen molar-refractivity contribution >= 4 is 5.91 Å². The third-order valence-corrected chi connectivity index (χ3v) is 2.13. The maximum atomic E-state index is 11.1. The van der Waals surface area contributed by atoms with Gasteiger partial charge in [-0.15, -0.1) is 0 Å². The van der Waals surface area contributed by atoms with E-state index < -0.39 is 0 Å². The lowest BCUT2D eigenvalue weighted by Crippen LogP contribution is -2.49. The fourth-order valence-corrected chi connectivity index (χ4v) is 1.10. The number of carbonyl (C=O) groups is 1. The molecule has 4 heteroatoms. The molecule has 12 heavy (non-hydrogen) atoms. The molecule has 1 heterocycles. The lowest BCUT2D eigenvalue weighted by Gasteiger charge is -2.26. The third kappa shape index (κ3) is 2.19. The van der Waals surface area contributed by atoms with Crippen LogP contribution in [0.5, 0.6) is 0 Å². The van der Waals surface area contributed by atoms with E-state index in [-0.39, 0.29) is 5.91 Å². The van der Waals surface area contributed by atoms with Gasteiger partial charge in [0.15, 0.2) is 0 Å². The van der Waals surface area contributed by atoms with Gasteiger partial charge in [-0.05, 0) is 12.8 Å². The fourth-order valence-electron chi connectivity index (χ4n) is 1.10. The van der Waals surface area contributed by atoms with Crippen LogP contribution < -0.4 is 10.6 Å². The molecule has 0 atom stereocenters. The molecule has 0 aromatic heterocycles. The number of amides is 1. The molecule has 0 bridgehead atoms. The molecule has 2 N–H and O–H groups in total. The molecule has 0 spiro atoms. The largest absolute Gasteiger partial charge is 0.378 e. The summed E-state index contributed by atoms with van der Waals surface area (Å²) in [6, 6.07) is 0.867. The van der Waals surface area contributed by atoms with Gasteiger partial charge < -0.3 is 15.4 Å². The number of hydrogen-bond acceptors (Lipinski definition) is 3. The van der Waals surface area contributed by atoms with E-state index >= 15 is 0 Å². The summed E-state index contributed by atoms with van der Waals surface area (Å²) in [7, 11) is 0. The molecule has 4 nitrogen and oxygen atoms in total. The quantitative estimate of drug-likeness (QED) is 0.584. The van der Waals surface area contributed by atoms with Crippen molar-refractivity contribution in [3.05, 3.63) is 0 Å². The van der Waals surface area contributed by atoms with E-state index in [0.717, 1.165) is 26.1 Å². The van der Waals surface area contributed by atoms with Crippen molar-refractivity contribution in [2.75, 3.05) is 19.8 Å². The Labute approximate surface area is 71.7 Å². The highest BCUT2D eigenvalue weighted by molar-refractivity contribution is 5.78. The molecule has 1 aliphatic carbocycles. The molecule has 2 aliphatic rings. The van der Waals surface area contributed by atoms with E-state index in [1.165, 1.54) is 0 Å². The van der Waals surface area contributed by atoms with Gasteiger partial charge in [0.05, 0.1) is 25.8 Å². The van der Waals surface area contributed by atoms with E-state index in [0.29, 0.717) is 18.6 Å². The van der Waals surface area contributed by atoms with Crippen LogP contribution in [-0.2, 0) is 9.53 Å². The SMILES string of the molecule is O=C(CNC1COC1)NC1CC1. The highest BCUT2D eigenvalue weighted by Crippen LogP contribution is 2.18. The van der Waals surface area contributed by atoms with Gasteiger partial charge in [0.2, 0.25) is 5.91 Å². The molecule has 0 unspecified atom stereocenters. The Bertz CT molecular complexity index is 176. The van der Waals surface area contributed by atoms with Crippen LogP contribution in [-0.4, -0.2) is 37.7 Å². The van der Waals surface area contributed by atoms with Crippen molar-refractivity contribution in [1.82, 2.24) is 10.6 Å². The summed E-state index contributed by atoms with van der Waals surface area (Å²) < 4.78 is 4.97. The maximum absolute atomic E-state index is 11.1. The van der Waals surface area contributed by atoms with Gasteiger partial charge in [-0.25, -0.2) is 0 Å². The van der Waals surface area contributed by atoms with Gasteiger partial charge in [-0.1, -0.05) is 0 Å². The Morgan fingerprint density at radius 2 is 2.08 bits per heavy atom. The van der Waals surface area contributed by atoms with Crippen LogP contribution in [0.3, 0.4) is 0 Å². The third-order valence-electron chi connectivity index (χ3n) is 2.13. The van der Waals surface area contributed by atoms with Crippen molar-refractivity contribution in [2.24, 2.45) is 0 Å². The van der Waals surface area contributed by atoms with Gasteiger partial charge in [0, 0.05) is 6.04 Å². The maximum Gasteiger partial charge on any atom is 0.234 e. The van der Waals surface area contributed by atoms with Gasteiger partial charge in [0.25, 0.3) is 0 Å². The van der Waals surface area contributed by atoms with Gasteiger partial charge in [-0.2, -0.15) is 0 Å². The van der Waals surface area contributed by atoms with Crippen LogP contribution in [0.4, 0.5) is 0 Å². The van der Waals surface area contributed by atoms with Crippen molar-refractivity contribution in [2.45, 2.75) is 24.9 Å². The summed E-state index contributed by atoms with van der Waals surface area (Å²) in [6.45, 7) is 1.93. The van der Waals surface area contributed by atoms with Gasteiger partial charge in [0.1, 0.15) is 0 Å². The lowest BCUT2D eigenvalue weighted by atomic mass is 10.2. The predicted molar refractivity (Wildman–Crippen MR) is 43.8 cm³/mol. The Balaban J connectivity index is 1.55. The molecule has 1 amide bonds. The van der Waals surface area contributed by atoms with Crippen LogP contribution >= 0.6 is 0 Å². The summed E-state index contributed by atoms with van der Waals surface area (Å²) in [5.74, 6) is 0.115. The van der Waals surface area contributed by atoms with E-state index in [1.807, 2.05) is 0 Å². The molecule has 1 saturated heterocycles. The highest BCUT2D eigenvalue weighted by Gasteiger charge is 2.24. The first kappa shape index (κ1) is 8.01. The summed E-state index contributed by atoms with van der Waals surface area (Å²) in [6.07, 6.45) is 2.30. The highest BCUT2D eigenvalue weighted by atomic mass is 16.5. The second-order valence-electron chi connectivity index (χ2n) is 3.46. The zero-order valence-corrected chi connectivity index (χ0v) is 7.01. The average Bonchev–Trinajstić information content (AvgIpc) is 2.68. The fraction of sp³-hybridized carbons (Fsp3) is 0.875. The minimum absolute atomic E-state index is 0.115. The summed E-state index contributed by atoms with van der Waals surface area (Å²) in [4.78, 5) is 11.1. The van der Waals surface area contributed by atoms with Gasteiger partial charge >= 0.3 is 0 Å². The number of nitrogens with one attached hydrogen (secondary N) is 2. The molecule has 1 saturated carbocycles. The van der Waals surface area contributed by atoms with Crippen molar-refractivity contribution in [3.63, 3.8) is 0 Å². The normalized spacial score (nSPS) is 23.3. The van der Waals surface area contributed by atoms with E-state index in [2.05, 4.69) is 10.6 Å². The molecule has 0 aromatic rings. The minimum Gasteiger partial charge on any atom is -0.378 e. The Hall–Kier alpha value is -0.610. The zero-order chi connectivity index (χ0) is 8.39. The number of ether oxygens (including phenoxy) is 1. The first-order valence-electron chi connectivity index (χ1n) is 4.45. The van der Waals surface area contributed by atoms with E-state index in [9.17, 15) is 4.79 Å². The molecule has 1 aliphatic heterocycles. The number of hydrogen-bond donors (Lipinski definition) is 2. The topological polar surface area (TPSA) is 50.4 Å². The molecule has 2 rings (SSSR count). The van der Waals surface area contributed by atoms with Crippen molar-refractivity contribution in [1.29, 1.82) is 0 Å². The Morgan fingerprint density at radius 1 is 1.33 bits per heavy atom. The Morgan fingerprint density at radius 3 is 2.58 bits per heavy atom. The first-order chi connectivity index (χ1) is 5.84. The minimum atomic E-state index is 0.115.